The van der Waals surface area contributed by atoms with Crippen molar-refractivity contribution in [2.75, 3.05) is 0 Å². The summed E-state index contributed by atoms with van der Waals surface area (Å²) >= 11 is 0. The van der Waals surface area contributed by atoms with E-state index >= 15 is 0 Å². The zero-order chi connectivity index (χ0) is 7.78. The summed E-state index contributed by atoms with van der Waals surface area (Å²) in [5, 5.41) is 8.35. The van der Waals surface area contributed by atoms with Crippen molar-refractivity contribution in [3.63, 3.8) is 0 Å². The molecule has 0 aliphatic heterocycles. The van der Waals surface area contributed by atoms with Crippen molar-refractivity contribution in [2.24, 2.45) is 17.1 Å². The van der Waals surface area contributed by atoms with Gasteiger partial charge in [-0.1, -0.05) is 6.92 Å². The molecule has 0 aromatic heterocycles. The lowest BCUT2D eigenvalue weighted by molar-refractivity contribution is -0.123. The summed E-state index contributed by atoms with van der Waals surface area (Å²) in [6.45, 7) is 1.95. The van der Waals surface area contributed by atoms with Crippen LogP contribution in [-0.2, 0) is 4.79 Å². The highest BCUT2D eigenvalue weighted by molar-refractivity contribution is 5.84. The minimum atomic E-state index is -0.464. The molecule has 0 spiro atoms. The van der Waals surface area contributed by atoms with Crippen molar-refractivity contribution < 1.29 is 4.79 Å². The summed E-state index contributed by atoms with van der Waals surface area (Å²) in [5.74, 6) is -0.00815. The molecule has 1 saturated carbocycles. The Hall–Kier alpha value is -1.04. The zero-order valence-corrected chi connectivity index (χ0v) is 5.92. The van der Waals surface area contributed by atoms with Crippen LogP contribution >= 0.6 is 0 Å². The van der Waals surface area contributed by atoms with Gasteiger partial charge in [0.15, 0.2) is 0 Å². The lowest BCUT2D eigenvalue weighted by Gasteiger charge is -2.04. The number of nitrogens with zero attached hydrogens (tertiary/aromatic N) is 1. The van der Waals surface area contributed by atoms with Crippen molar-refractivity contribution >= 4 is 5.91 Å². The van der Waals surface area contributed by atoms with E-state index in [-0.39, 0.29) is 12.3 Å². The van der Waals surface area contributed by atoms with Gasteiger partial charge in [0, 0.05) is 6.42 Å². The van der Waals surface area contributed by atoms with Crippen molar-refractivity contribution in [1.82, 2.24) is 0 Å². The molecular formula is C7H10N2O. The van der Waals surface area contributed by atoms with E-state index in [1.54, 1.807) is 0 Å². The van der Waals surface area contributed by atoms with Gasteiger partial charge in [-0.05, 0) is 12.3 Å². The first-order valence-electron chi connectivity index (χ1n) is 3.30. The van der Waals surface area contributed by atoms with Crippen molar-refractivity contribution in [1.29, 1.82) is 5.26 Å². The quantitative estimate of drug-likeness (QED) is 0.600. The van der Waals surface area contributed by atoms with Crippen LogP contribution in [0.15, 0.2) is 0 Å². The second-order valence-corrected chi connectivity index (χ2v) is 2.96. The third-order valence-electron chi connectivity index (χ3n) is 2.34. The number of carbonyl (C=O) groups is 1. The predicted molar refractivity (Wildman–Crippen MR) is 35.6 cm³/mol. The predicted octanol–water partition coefficient (Wildman–Crippen LogP) is 0.412. The highest BCUT2D eigenvalue weighted by atomic mass is 16.1. The number of hydrogen-bond acceptors (Lipinski definition) is 2. The molecule has 54 valence electrons. The van der Waals surface area contributed by atoms with Crippen LogP contribution in [0.3, 0.4) is 0 Å². The van der Waals surface area contributed by atoms with Gasteiger partial charge in [-0.25, -0.2) is 0 Å². The zero-order valence-electron chi connectivity index (χ0n) is 5.92. The normalized spacial score (nSPS) is 36.6. The Bertz CT molecular complexity index is 206. The van der Waals surface area contributed by atoms with Crippen LogP contribution in [-0.4, -0.2) is 5.91 Å². The first kappa shape index (κ1) is 7.07. The second-order valence-electron chi connectivity index (χ2n) is 2.96. The van der Waals surface area contributed by atoms with Crippen molar-refractivity contribution in [3.05, 3.63) is 0 Å². The van der Waals surface area contributed by atoms with Gasteiger partial charge in [-0.15, -0.1) is 0 Å². The Labute approximate surface area is 59.8 Å². The number of carbonyl (C=O) groups excluding carboxylic acids is 1. The minimum Gasteiger partial charge on any atom is -0.369 e. The fraction of sp³-hybridized carbons (Fsp3) is 0.714. The standard InChI is InChI=1S/C7H10N2O/c1-5-4-7(5,2-3-8)6(9)10/h5H,2,4H2,1H3,(H2,9,10). The topological polar surface area (TPSA) is 66.9 Å². The summed E-state index contributed by atoms with van der Waals surface area (Å²) in [6.07, 6.45) is 1.07. The lowest BCUT2D eigenvalue weighted by atomic mass is 10.0. The average molecular weight is 138 g/mol. The highest BCUT2D eigenvalue weighted by Gasteiger charge is 2.55. The largest absolute Gasteiger partial charge is 0.369 e. The molecule has 2 unspecified atom stereocenters. The van der Waals surface area contributed by atoms with Crippen molar-refractivity contribution in [2.45, 2.75) is 19.8 Å². The lowest BCUT2D eigenvalue weighted by Crippen LogP contribution is -2.25. The smallest absolute Gasteiger partial charge is 0.224 e. The third kappa shape index (κ3) is 0.766. The summed E-state index contributed by atoms with van der Waals surface area (Å²) in [6, 6.07) is 1.98. The van der Waals surface area contributed by atoms with Gasteiger partial charge in [0.2, 0.25) is 5.91 Å². The molecule has 0 saturated heterocycles. The fourth-order valence-electron chi connectivity index (χ4n) is 1.31. The molecule has 3 nitrogen and oxygen atoms in total. The van der Waals surface area contributed by atoms with E-state index in [0.717, 1.165) is 6.42 Å². The van der Waals surface area contributed by atoms with Gasteiger partial charge < -0.3 is 5.73 Å². The molecule has 1 fully saturated rings. The van der Waals surface area contributed by atoms with Crippen molar-refractivity contribution in [3.8, 4) is 6.07 Å². The number of nitrogens with two attached hydrogens (primary N) is 1. The van der Waals surface area contributed by atoms with Gasteiger partial charge in [0.1, 0.15) is 0 Å². The molecule has 0 heterocycles. The molecule has 1 aliphatic carbocycles. The first-order valence-corrected chi connectivity index (χ1v) is 3.30. The maximum absolute atomic E-state index is 10.8. The molecule has 0 radical (unpaired) electrons. The van der Waals surface area contributed by atoms with Crippen LogP contribution in [0, 0.1) is 22.7 Å². The number of amides is 1. The molecular weight excluding hydrogens is 128 g/mol. The van der Waals surface area contributed by atoms with Gasteiger partial charge in [0.05, 0.1) is 11.5 Å². The highest BCUT2D eigenvalue weighted by Crippen LogP contribution is 2.54. The Kier molecular flexibility index (Phi) is 1.40. The van der Waals surface area contributed by atoms with Gasteiger partial charge in [-0.3, -0.25) is 4.79 Å². The molecule has 0 aromatic carbocycles. The molecule has 0 bridgehead atoms. The third-order valence-corrected chi connectivity index (χ3v) is 2.34. The van der Waals surface area contributed by atoms with Crippen LogP contribution in [0.4, 0.5) is 0 Å². The molecule has 3 heteroatoms. The molecule has 0 aromatic rings. The number of hydrogen-bond donors (Lipinski definition) is 1. The van der Waals surface area contributed by atoms with Crippen LogP contribution < -0.4 is 5.73 Å². The van der Waals surface area contributed by atoms with E-state index in [2.05, 4.69) is 0 Å². The molecule has 2 N–H and O–H groups in total. The summed E-state index contributed by atoms with van der Waals surface area (Å²) in [4.78, 5) is 10.8. The second kappa shape index (κ2) is 1.98. The average Bonchev–Trinajstić information content (AvgIpc) is 2.44. The van der Waals surface area contributed by atoms with Crippen LogP contribution in [0.2, 0.25) is 0 Å². The Balaban J connectivity index is 2.66. The molecule has 1 rings (SSSR count). The van der Waals surface area contributed by atoms with Crippen LogP contribution in [0.5, 0.6) is 0 Å². The van der Waals surface area contributed by atoms with Crippen LogP contribution in [0.25, 0.3) is 0 Å². The van der Waals surface area contributed by atoms with Crippen LogP contribution in [0.1, 0.15) is 19.8 Å². The van der Waals surface area contributed by atoms with E-state index < -0.39 is 5.41 Å². The molecule has 2 atom stereocenters. The summed E-state index contributed by atoms with van der Waals surface area (Å²) in [5.41, 5.74) is 4.66. The Morgan fingerprint density at radius 2 is 2.50 bits per heavy atom. The SMILES string of the molecule is CC1CC1(CC#N)C(N)=O. The van der Waals surface area contributed by atoms with E-state index in [1.807, 2.05) is 13.0 Å². The monoisotopic (exact) mass is 138 g/mol. The van der Waals surface area contributed by atoms with E-state index in [9.17, 15) is 4.79 Å². The maximum Gasteiger partial charge on any atom is 0.224 e. The number of rotatable bonds is 2. The Morgan fingerprint density at radius 3 is 2.60 bits per heavy atom. The number of nitriles is 1. The number of primary amides is 1. The molecule has 1 amide bonds. The van der Waals surface area contributed by atoms with E-state index in [4.69, 9.17) is 11.0 Å². The van der Waals surface area contributed by atoms with Gasteiger partial charge >= 0.3 is 0 Å². The van der Waals surface area contributed by atoms with Gasteiger partial charge in [-0.2, -0.15) is 5.26 Å². The fourth-order valence-corrected chi connectivity index (χ4v) is 1.31. The van der Waals surface area contributed by atoms with Gasteiger partial charge in [0.25, 0.3) is 0 Å². The van der Waals surface area contributed by atoms with E-state index in [1.165, 1.54) is 0 Å². The summed E-state index contributed by atoms with van der Waals surface area (Å²) in [7, 11) is 0. The maximum atomic E-state index is 10.8. The minimum absolute atomic E-state index is 0.281. The first-order chi connectivity index (χ1) is 4.63. The summed E-state index contributed by atoms with van der Waals surface area (Å²) < 4.78 is 0. The molecule has 10 heavy (non-hydrogen) atoms. The Morgan fingerprint density at radius 1 is 2.00 bits per heavy atom. The molecule has 1 aliphatic rings. The van der Waals surface area contributed by atoms with E-state index in [0.29, 0.717) is 5.92 Å².